The maximum atomic E-state index is 11.4. The van der Waals surface area contributed by atoms with E-state index in [9.17, 15) is 9.59 Å². The molecule has 0 radical (unpaired) electrons. The highest BCUT2D eigenvalue weighted by atomic mass is 32.2. The van der Waals surface area contributed by atoms with Crippen LogP contribution >= 0.6 is 24.0 Å². The van der Waals surface area contributed by atoms with Gasteiger partial charge in [-0.15, -0.1) is 0 Å². The fourth-order valence-electron chi connectivity index (χ4n) is 1.05. The Labute approximate surface area is 98.8 Å². The summed E-state index contributed by atoms with van der Waals surface area (Å²) in [6.07, 6.45) is 0. The zero-order chi connectivity index (χ0) is 11.4. The monoisotopic (exact) mass is 246 g/mol. The molecule has 0 aliphatic carbocycles. The number of thioether (sulfide) groups is 1. The molecule has 6 heteroatoms. The molecule has 1 fully saturated rings. The van der Waals surface area contributed by atoms with E-state index in [1.807, 2.05) is 13.8 Å². The Morgan fingerprint density at radius 1 is 1.67 bits per heavy atom. The van der Waals surface area contributed by atoms with Crippen molar-refractivity contribution in [1.29, 1.82) is 0 Å². The fourth-order valence-corrected chi connectivity index (χ4v) is 2.12. The van der Waals surface area contributed by atoms with Gasteiger partial charge in [-0.1, -0.05) is 37.8 Å². The van der Waals surface area contributed by atoms with Crippen LogP contribution in [0.15, 0.2) is 0 Å². The average molecular weight is 246 g/mol. The normalized spacial score (nSPS) is 16.3. The zero-order valence-electron chi connectivity index (χ0n) is 8.78. The first-order valence-corrected chi connectivity index (χ1v) is 6.14. The van der Waals surface area contributed by atoms with Crippen molar-refractivity contribution in [3.63, 3.8) is 0 Å². The smallest absolute Gasteiger partial charge is 0.240 e. The Kier molecular flexibility index (Phi) is 4.53. The van der Waals surface area contributed by atoms with Crippen molar-refractivity contribution < 1.29 is 9.59 Å². The number of carbonyl (C=O) groups is 2. The van der Waals surface area contributed by atoms with Crippen molar-refractivity contribution in [3.05, 3.63) is 0 Å². The van der Waals surface area contributed by atoms with E-state index in [0.29, 0.717) is 22.5 Å². The highest BCUT2D eigenvalue weighted by Gasteiger charge is 2.28. The number of amides is 2. The van der Waals surface area contributed by atoms with Gasteiger partial charge in [-0.2, -0.15) is 0 Å². The van der Waals surface area contributed by atoms with Crippen molar-refractivity contribution in [1.82, 2.24) is 10.2 Å². The molecule has 4 nitrogen and oxygen atoms in total. The van der Waals surface area contributed by atoms with Crippen molar-refractivity contribution in [2.24, 2.45) is 5.92 Å². The summed E-state index contributed by atoms with van der Waals surface area (Å²) in [5.74, 6) is 0.534. The van der Waals surface area contributed by atoms with Gasteiger partial charge < -0.3 is 5.32 Å². The SMILES string of the molecule is CC(C)CNC(=O)CN1C(=O)CSC1=S. The molecule has 1 aliphatic rings. The molecule has 0 atom stereocenters. The van der Waals surface area contributed by atoms with Crippen LogP contribution in [-0.4, -0.2) is 39.9 Å². The molecule has 1 heterocycles. The Morgan fingerprint density at radius 3 is 2.80 bits per heavy atom. The summed E-state index contributed by atoms with van der Waals surface area (Å²) in [5.41, 5.74) is 0. The van der Waals surface area contributed by atoms with Crippen LogP contribution in [0.3, 0.4) is 0 Å². The Hall–Kier alpha value is -0.620. The predicted molar refractivity (Wildman–Crippen MR) is 64.6 cm³/mol. The first-order chi connectivity index (χ1) is 7.00. The number of carbonyl (C=O) groups excluding carboxylic acids is 2. The van der Waals surface area contributed by atoms with Crippen LogP contribution in [0.4, 0.5) is 0 Å². The number of nitrogens with one attached hydrogen (secondary N) is 1. The molecule has 0 aromatic rings. The van der Waals surface area contributed by atoms with Gasteiger partial charge in [-0.3, -0.25) is 14.5 Å². The van der Waals surface area contributed by atoms with Crippen LogP contribution in [0.1, 0.15) is 13.8 Å². The first-order valence-electron chi connectivity index (χ1n) is 4.74. The van der Waals surface area contributed by atoms with Gasteiger partial charge in [-0.25, -0.2) is 0 Å². The molecule has 0 unspecified atom stereocenters. The van der Waals surface area contributed by atoms with E-state index in [0.717, 1.165) is 0 Å². The molecular weight excluding hydrogens is 232 g/mol. The van der Waals surface area contributed by atoms with Crippen molar-refractivity contribution in [2.45, 2.75) is 13.8 Å². The number of hydrogen-bond acceptors (Lipinski definition) is 4. The molecule has 1 aliphatic heterocycles. The standard InChI is InChI=1S/C9H14N2O2S2/c1-6(2)3-10-7(12)4-11-8(13)5-15-9(11)14/h6H,3-5H2,1-2H3,(H,10,12). The molecular formula is C9H14N2O2S2. The second kappa shape index (κ2) is 5.46. The molecule has 1 N–H and O–H groups in total. The maximum Gasteiger partial charge on any atom is 0.240 e. The van der Waals surface area contributed by atoms with E-state index < -0.39 is 0 Å². The highest BCUT2D eigenvalue weighted by molar-refractivity contribution is 8.23. The molecule has 2 amide bonds. The fraction of sp³-hybridized carbons (Fsp3) is 0.667. The molecule has 0 spiro atoms. The summed E-state index contributed by atoms with van der Waals surface area (Å²) in [6.45, 7) is 4.71. The quantitative estimate of drug-likeness (QED) is 0.739. The van der Waals surface area contributed by atoms with Crippen LogP contribution in [0.5, 0.6) is 0 Å². The van der Waals surface area contributed by atoms with E-state index in [1.165, 1.54) is 16.7 Å². The lowest BCUT2D eigenvalue weighted by Crippen LogP contribution is -2.40. The maximum absolute atomic E-state index is 11.4. The lowest BCUT2D eigenvalue weighted by atomic mass is 10.2. The summed E-state index contributed by atoms with van der Waals surface area (Å²) >= 11 is 6.27. The molecule has 0 aromatic carbocycles. The van der Waals surface area contributed by atoms with Gasteiger partial charge in [-0.05, 0) is 5.92 Å². The highest BCUT2D eigenvalue weighted by Crippen LogP contribution is 2.18. The third kappa shape index (κ3) is 3.79. The van der Waals surface area contributed by atoms with Crippen LogP contribution in [0, 0.1) is 5.92 Å². The third-order valence-corrected chi connectivity index (χ3v) is 3.28. The minimum Gasteiger partial charge on any atom is -0.354 e. The van der Waals surface area contributed by atoms with Gasteiger partial charge in [0.1, 0.15) is 10.9 Å². The van der Waals surface area contributed by atoms with Gasteiger partial charge in [0.15, 0.2) is 0 Å². The third-order valence-electron chi connectivity index (χ3n) is 1.85. The second-order valence-corrected chi connectivity index (χ2v) is 5.34. The predicted octanol–water partition coefficient (Wildman–Crippen LogP) is 0.619. The topological polar surface area (TPSA) is 49.4 Å². The average Bonchev–Trinajstić information content (AvgIpc) is 2.46. The minimum absolute atomic E-state index is 0.0530. The molecule has 0 aromatic heterocycles. The summed E-state index contributed by atoms with van der Waals surface area (Å²) < 4.78 is 0.500. The molecule has 0 bridgehead atoms. The largest absolute Gasteiger partial charge is 0.354 e. The molecule has 84 valence electrons. The second-order valence-electron chi connectivity index (χ2n) is 3.73. The summed E-state index contributed by atoms with van der Waals surface area (Å²) in [5, 5.41) is 2.75. The summed E-state index contributed by atoms with van der Waals surface area (Å²) in [4.78, 5) is 24.1. The van der Waals surface area contributed by atoms with E-state index in [1.54, 1.807) is 0 Å². The van der Waals surface area contributed by atoms with Crippen LogP contribution in [0.25, 0.3) is 0 Å². The number of thiocarbonyl (C=S) groups is 1. The van der Waals surface area contributed by atoms with E-state index >= 15 is 0 Å². The Morgan fingerprint density at radius 2 is 2.33 bits per heavy atom. The van der Waals surface area contributed by atoms with Crippen LogP contribution < -0.4 is 5.32 Å². The number of rotatable bonds is 4. The molecule has 1 saturated heterocycles. The number of hydrogen-bond donors (Lipinski definition) is 1. The molecule has 15 heavy (non-hydrogen) atoms. The van der Waals surface area contributed by atoms with Gasteiger partial charge >= 0.3 is 0 Å². The van der Waals surface area contributed by atoms with Gasteiger partial charge in [0, 0.05) is 6.54 Å². The van der Waals surface area contributed by atoms with E-state index in [4.69, 9.17) is 12.2 Å². The van der Waals surface area contributed by atoms with Crippen LogP contribution in [0.2, 0.25) is 0 Å². The molecule has 1 rings (SSSR count). The van der Waals surface area contributed by atoms with Crippen LogP contribution in [-0.2, 0) is 9.59 Å². The van der Waals surface area contributed by atoms with Gasteiger partial charge in [0.2, 0.25) is 11.8 Å². The Bertz CT molecular complexity index is 276. The van der Waals surface area contributed by atoms with Crippen molar-refractivity contribution in [2.75, 3.05) is 18.8 Å². The minimum atomic E-state index is -0.151. The zero-order valence-corrected chi connectivity index (χ0v) is 10.4. The first kappa shape index (κ1) is 12.4. The van der Waals surface area contributed by atoms with Gasteiger partial charge in [0.25, 0.3) is 0 Å². The summed E-state index contributed by atoms with van der Waals surface area (Å²) in [6, 6.07) is 0. The summed E-state index contributed by atoms with van der Waals surface area (Å²) in [7, 11) is 0. The van der Waals surface area contributed by atoms with Crippen molar-refractivity contribution >= 4 is 40.1 Å². The lowest BCUT2D eigenvalue weighted by molar-refractivity contribution is -0.129. The number of nitrogens with zero attached hydrogens (tertiary/aromatic N) is 1. The van der Waals surface area contributed by atoms with Gasteiger partial charge in [0.05, 0.1) is 5.75 Å². The lowest BCUT2D eigenvalue weighted by Gasteiger charge is -2.15. The van der Waals surface area contributed by atoms with E-state index in [2.05, 4.69) is 5.32 Å². The van der Waals surface area contributed by atoms with E-state index in [-0.39, 0.29) is 18.4 Å². The Balaban J connectivity index is 2.37. The van der Waals surface area contributed by atoms with Crippen molar-refractivity contribution in [3.8, 4) is 0 Å². The molecule has 0 saturated carbocycles.